The van der Waals surface area contributed by atoms with Crippen LogP contribution in [0.25, 0.3) is 5.65 Å². The van der Waals surface area contributed by atoms with E-state index in [1.54, 1.807) is 0 Å². The van der Waals surface area contributed by atoms with Crippen molar-refractivity contribution < 1.29 is 9.90 Å². The largest absolute Gasteiger partial charge is 0.481 e. The summed E-state index contributed by atoms with van der Waals surface area (Å²) in [6.45, 7) is 3.76. The first-order valence-electron chi connectivity index (χ1n) is 7.02. The molecule has 0 radical (unpaired) electrons. The molecule has 0 amide bonds. The first-order chi connectivity index (χ1) is 9.61. The van der Waals surface area contributed by atoms with Gasteiger partial charge in [-0.15, -0.1) is 0 Å². The van der Waals surface area contributed by atoms with Gasteiger partial charge in [-0.2, -0.15) is 0 Å². The molecule has 1 N–H and O–H groups in total. The fraction of sp³-hybridized carbons (Fsp3) is 0.467. The lowest BCUT2D eigenvalue weighted by molar-refractivity contribution is -0.138. The molecule has 20 heavy (non-hydrogen) atoms. The van der Waals surface area contributed by atoms with E-state index in [9.17, 15) is 4.79 Å². The maximum Gasteiger partial charge on any atom is 0.304 e. The number of carboxylic acids is 1. The van der Waals surface area contributed by atoms with Crippen LogP contribution in [0, 0.1) is 6.92 Å². The molecular formula is C15H19N3O2. The van der Waals surface area contributed by atoms with Crippen molar-refractivity contribution in [2.75, 3.05) is 6.54 Å². The number of fused-ring (bicyclic) bond motifs is 1. The molecule has 5 nitrogen and oxygen atoms in total. The summed E-state index contributed by atoms with van der Waals surface area (Å²) in [4.78, 5) is 17.7. The zero-order valence-electron chi connectivity index (χ0n) is 11.6. The Morgan fingerprint density at radius 3 is 3.10 bits per heavy atom. The summed E-state index contributed by atoms with van der Waals surface area (Å²) >= 11 is 0. The topological polar surface area (TPSA) is 57.8 Å². The van der Waals surface area contributed by atoms with E-state index >= 15 is 0 Å². The number of rotatable bonds is 4. The maximum absolute atomic E-state index is 10.9. The number of hydrogen-bond donors (Lipinski definition) is 1. The van der Waals surface area contributed by atoms with Crippen molar-refractivity contribution in [1.29, 1.82) is 0 Å². The van der Waals surface area contributed by atoms with Gasteiger partial charge in [-0.05, 0) is 37.9 Å². The van der Waals surface area contributed by atoms with Crippen LogP contribution in [0.15, 0.2) is 24.5 Å². The molecule has 1 unspecified atom stereocenters. The van der Waals surface area contributed by atoms with Crippen LogP contribution in [0.4, 0.5) is 0 Å². The first kappa shape index (κ1) is 13.1. The molecule has 0 aromatic carbocycles. The Kier molecular flexibility index (Phi) is 3.44. The molecule has 0 aliphatic carbocycles. The van der Waals surface area contributed by atoms with Gasteiger partial charge in [-0.3, -0.25) is 9.69 Å². The molecule has 1 saturated heterocycles. The van der Waals surface area contributed by atoms with Crippen LogP contribution in [0.2, 0.25) is 0 Å². The Morgan fingerprint density at radius 1 is 1.45 bits per heavy atom. The van der Waals surface area contributed by atoms with Gasteiger partial charge in [0.2, 0.25) is 0 Å². The van der Waals surface area contributed by atoms with E-state index < -0.39 is 5.97 Å². The van der Waals surface area contributed by atoms with Crippen molar-refractivity contribution in [3.05, 3.63) is 35.8 Å². The predicted octanol–water partition coefficient (Wildman–Crippen LogP) is 2.08. The van der Waals surface area contributed by atoms with E-state index in [2.05, 4.69) is 29.1 Å². The summed E-state index contributed by atoms with van der Waals surface area (Å²) in [5, 5.41) is 8.96. The summed E-state index contributed by atoms with van der Waals surface area (Å²) < 4.78 is 2.03. The number of carbonyl (C=O) groups is 1. The van der Waals surface area contributed by atoms with Crippen molar-refractivity contribution in [1.82, 2.24) is 14.3 Å². The van der Waals surface area contributed by atoms with E-state index in [1.807, 2.05) is 16.7 Å². The molecule has 1 fully saturated rings. The second-order valence-electron chi connectivity index (χ2n) is 5.57. The summed E-state index contributed by atoms with van der Waals surface area (Å²) in [7, 11) is 0. The lowest BCUT2D eigenvalue weighted by Crippen LogP contribution is -2.30. The number of carboxylic acid groups (broad SMARTS) is 1. The predicted molar refractivity (Wildman–Crippen MR) is 75.6 cm³/mol. The number of imidazole rings is 1. The van der Waals surface area contributed by atoms with Crippen LogP contribution in [0.5, 0.6) is 0 Å². The molecule has 1 atom stereocenters. The third kappa shape index (κ3) is 2.67. The van der Waals surface area contributed by atoms with Crippen LogP contribution in [0.3, 0.4) is 0 Å². The number of pyridine rings is 1. The van der Waals surface area contributed by atoms with E-state index in [0.29, 0.717) is 0 Å². The van der Waals surface area contributed by atoms with Gasteiger partial charge < -0.3 is 9.51 Å². The standard InChI is InChI=1S/C15H19N3O2/c1-11-4-5-14-16-12(10-18(14)8-11)9-17-6-2-3-13(17)7-15(19)20/h4-5,8,10,13H,2-3,6-7,9H2,1H3,(H,19,20). The molecule has 5 heteroatoms. The van der Waals surface area contributed by atoms with Gasteiger partial charge >= 0.3 is 5.97 Å². The highest BCUT2D eigenvalue weighted by Gasteiger charge is 2.27. The third-order valence-corrected chi connectivity index (χ3v) is 3.92. The summed E-state index contributed by atoms with van der Waals surface area (Å²) in [5.41, 5.74) is 3.15. The van der Waals surface area contributed by atoms with E-state index in [0.717, 1.165) is 37.3 Å². The monoisotopic (exact) mass is 273 g/mol. The average molecular weight is 273 g/mol. The maximum atomic E-state index is 10.9. The highest BCUT2D eigenvalue weighted by molar-refractivity contribution is 5.67. The molecule has 106 valence electrons. The number of likely N-dealkylation sites (tertiary alicyclic amines) is 1. The summed E-state index contributed by atoms with van der Waals surface area (Å²) in [6, 6.07) is 4.21. The van der Waals surface area contributed by atoms with Gasteiger partial charge in [0.25, 0.3) is 0 Å². The average Bonchev–Trinajstić information content (AvgIpc) is 2.95. The SMILES string of the molecule is Cc1ccc2nc(CN3CCCC3CC(=O)O)cn2c1. The van der Waals surface area contributed by atoms with Crippen LogP contribution in [-0.2, 0) is 11.3 Å². The van der Waals surface area contributed by atoms with Crippen LogP contribution in [0.1, 0.15) is 30.5 Å². The number of aromatic nitrogens is 2. The Labute approximate surface area is 117 Å². The molecular weight excluding hydrogens is 254 g/mol. The minimum atomic E-state index is -0.715. The molecule has 2 aromatic rings. The van der Waals surface area contributed by atoms with Crippen molar-refractivity contribution >= 4 is 11.6 Å². The second-order valence-corrected chi connectivity index (χ2v) is 5.57. The zero-order chi connectivity index (χ0) is 14.1. The van der Waals surface area contributed by atoms with E-state index in [-0.39, 0.29) is 12.5 Å². The van der Waals surface area contributed by atoms with Crippen LogP contribution >= 0.6 is 0 Å². The summed E-state index contributed by atoms with van der Waals surface area (Å²) in [6.07, 6.45) is 6.37. The Hall–Kier alpha value is -1.88. The Balaban J connectivity index is 1.76. The smallest absolute Gasteiger partial charge is 0.304 e. The van der Waals surface area contributed by atoms with Crippen molar-refractivity contribution in [2.24, 2.45) is 0 Å². The normalized spacial score (nSPS) is 19.8. The molecule has 1 aliphatic rings. The fourth-order valence-electron chi connectivity index (χ4n) is 2.98. The lowest BCUT2D eigenvalue weighted by Gasteiger charge is -2.21. The molecule has 0 bridgehead atoms. The minimum Gasteiger partial charge on any atom is -0.481 e. The van der Waals surface area contributed by atoms with E-state index in [4.69, 9.17) is 5.11 Å². The Bertz CT molecular complexity index is 635. The van der Waals surface area contributed by atoms with E-state index in [1.165, 1.54) is 5.56 Å². The lowest BCUT2D eigenvalue weighted by atomic mass is 10.1. The van der Waals surface area contributed by atoms with Crippen molar-refractivity contribution in [3.63, 3.8) is 0 Å². The molecule has 2 aromatic heterocycles. The molecule has 3 rings (SSSR count). The minimum absolute atomic E-state index is 0.152. The van der Waals surface area contributed by atoms with Gasteiger partial charge in [-0.1, -0.05) is 6.07 Å². The van der Waals surface area contributed by atoms with Crippen LogP contribution in [-0.4, -0.2) is 37.9 Å². The quantitative estimate of drug-likeness (QED) is 0.926. The zero-order valence-corrected chi connectivity index (χ0v) is 11.6. The molecule has 1 aliphatic heterocycles. The summed E-state index contributed by atoms with van der Waals surface area (Å²) in [5.74, 6) is -0.715. The second kappa shape index (κ2) is 5.25. The number of nitrogens with zero attached hydrogens (tertiary/aromatic N) is 3. The van der Waals surface area contributed by atoms with Crippen LogP contribution < -0.4 is 0 Å². The van der Waals surface area contributed by atoms with Gasteiger partial charge in [0.15, 0.2) is 0 Å². The first-order valence-corrected chi connectivity index (χ1v) is 7.02. The fourth-order valence-corrected chi connectivity index (χ4v) is 2.98. The molecule has 0 spiro atoms. The van der Waals surface area contributed by atoms with Gasteiger partial charge in [0, 0.05) is 25.0 Å². The number of aliphatic carboxylic acids is 1. The highest BCUT2D eigenvalue weighted by atomic mass is 16.4. The van der Waals surface area contributed by atoms with Gasteiger partial charge in [0.05, 0.1) is 12.1 Å². The highest BCUT2D eigenvalue weighted by Crippen LogP contribution is 2.22. The number of aryl methyl sites for hydroxylation is 1. The number of hydrogen-bond acceptors (Lipinski definition) is 3. The van der Waals surface area contributed by atoms with Gasteiger partial charge in [-0.25, -0.2) is 4.98 Å². The van der Waals surface area contributed by atoms with Gasteiger partial charge in [0.1, 0.15) is 5.65 Å². The molecule has 0 saturated carbocycles. The molecule has 3 heterocycles. The van der Waals surface area contributed by atoms with Crippen molar-refractivity contribution in [2.45, 2.75) is 38.8 Å². The Morgan fingerprint density at radius 2 is 2.30 bits per heavy atom. The third-order valence-electron chi connectivity index (χ3n) is 3.92. The van der Waals surface area contributed by atoms with Crippen molar-refractivity contribution in [3.8, 4) is 0 Å².